The number of nitrogens with zero attached hydrogens (tertiary/aromatic N) is 1. The van der Waals surface area contributed by atoms with Crippen LogP contribution in [-0.4, -0.2) is 44.1 Å². The van der Waals surface area contributed by atoms with Crippen LogP contribution in [0.2, 0.25) is 0 Å². The predicted octanol–water partition coefficient (Wildman–Crippen LogP) is 4.02. The van der Waals surface area contributed by atoms with E-state index in [1.807, 2.05) is 0 Å². The fourth-order valence-corrected chi connectivity index (χ4v) is 5.10. The molecule has 4 rings (SSSR count). The van der Waals surface area contributed by atoms with Crippen molar-refractivity contribution in [2.75, 3.05) is 23.8 Å². The van der Waals surface area contributed by atoms with Crippen molar-refractivity contribution in [1.82, 2.24) is 4.98 Å². The zero-order valence-corrected chi connectivity index (χ0v) is 20.8. The van der Waals surface area contributed by atoms with Gasteiger partial charge in [0.1, 0.15) is 22.6 Å². The molecule has 0 spiro atoms. The van der Waals surface area contributed by atoms with Crippen molar-refractivity contribution in [3.63, 3.8) is 0 Å². The van der Waals surface area contributed by atoms with Crippen LogP contribution < -0.4 is 14.8 Å². The number of benzene rings is 3. The molecular weight excluding hydrogens is 551 g/mol. The molecule has 1 heterocycles. The molecule has 198 valence electrons. The second-order valence-corrected chi connectivity index (χ2v) is 10.2. The van der Waals surface area contributed by atoms with E-state index in [1.54, 1.807) is 0 Å². The molecule has 3 aromatic carbocycles. The summed E-state index contributed by atoms with van der Waals surface area (Å²) in [4.78, 5) is 27.9. The number of hydrogen-bond acceptors (Lipinski definition) is 9. The zero-order valence-electron chi connectivity index (χ0n) is 19.1. The van der Waals surface area contributed by atoms with E-state index in [2.05, 4.69) is 15.0 Å². The number of anilines is 2. The summed E-state index contributed by atoms with van der Waals surface area (Å²) in [6.07, 6.45) is 0. The number of aromatic nitrogens is 1. The summed E-state index contributed by atoms with van der Waals surface area (Å²) in [7, 11) is -2.73. The van der Waals surface area contributed by atoms with E-state index >= 15 is 0 Å². The van der Waals surface area contributed by atoms with Crippen LogP contribution in [0.5, 0.6) is 11.5 Å². The number of phenols is 1. The second kappa shape index (κ2) is 10.5. The summed E-state index contributed by atoms with van der Waals surface area (Å²) in [5.41, 5.74) is -0.823. The highest BCUT2D eigenvalue weighted by molar-refractivity contribution is 7.92. The smallest absolute Gasteiger partial charge is 0.342 e. The van der Waals surface area contributed by atoms with Gasteiger partial charge >= 0.3 is 5.97 Å². The van der Waals surface area contributed by atoms with Crippen molar-refractivity contribution < 1.29 is 45.8 Å². The molecule has 0 saturated heterocycles. The molecule has 10 nitrogen and oxygen atoms in total. The van der Waals surface area contributed by atoms with Crippen LogP contribution in [-0.2, 0) is 19.6 Å². The van der Waals surface area contributed by atoms with Gasteiger partial charge in [0.25, 0.3) is 15.9 Å². The maximum absolute atomic E-state index is 13.8. The molecule has 0 bridgehead atoms. The Hall–Kier alpha value is -4.37. The SMILES string of the molecule is COc1ccc(NS(=O)(=O)c2ccc(O)c(C(=O)OCC(=O)Nc3nc4c(F)c(F)c(F)cc4s3)c2)cc1. The number of halogens is 3. The summed E-state index contributed by atoms with van der Waals surface area (Å²) >= 11 is 0.652. The molecule has 38 heavy (non-hydrogen) atoms. The Kier molecular flexibility index (Phi) is 7.41. The fraction of sp³-hybridized carbons (Fsp3) is 0.0870. The third-order valence-corrected chi connectivity index (χ3v) is 7.24. The minimum atomic E-state index is -4.18. The molecule has 15 heteroatoms. The maximum Gasteiger partial charge on any atom is 0.342 e. The minimum absolute atomic E-state index is 0.0695. The van der Waals surface area contributed by atoms with Crippen LogP contribution in [0.1, 0.15) is 10.4 Å². The molecule has 0 atom stereocenters. The van der Waals surface area contributed by atoms with E-state index in [1.165, 1.54) is 31.4 Å². The third-order valence-electron chi connectivity index (χ3n) is 4.94. The van der Waals surface area contributed by atoms with Crippen molar-refractivity contribution in [3.8, 4) is 11.5 Å². The van der Waals surface area contributed by atoms with E-state index in [0.717, 1.165) is 18.2 Å². The first-order chi connectivity index (χ1) is 18.0. The summed E-state index contributed by atoms with van der Waals surface area (Å²) in [5, 5.41) is 12.0. The van der Waals surface area contributed by atoms with Crippen LogP contribution in [0, 0.1) is 17.5 Å². The quantitative estimate of drug-likeness (QED) is 0.214. The van der Waals surface area contributed by atoms with Crippen molar-refractivity contribution in [3.05, 3.63) is 71.5 Å². The number of phenolic OH excluding ortho intramolecular Hbond substituents is 1. The van der Waals surface area contributed by atoms with E-state index in [4.69, 9.17) is 9.47 Å². The Labute approximate surface area is 216 Å². The van der Waals surface area contributed by atoms with Crippen LogP contribution in [0.15, 0.2) is 53.4 Å². The number of thiazole rings is 1. The number of nitrogens with one attached hydrogen (secondary N) is 2. The first kappa shape index (κ1) is 26.7. The lowest BCUT2D eigenvalue weighted by molar-refractivity contribution is -0.119. The van der Waals surface area contributed by atoms with Gasteiger partial charge in [0.05, 0.1) is 16.7 Å². The Morgan fingerprint density at radius 1 is 1.05 bits per heavy atom. The lowest BCUT2D eigenvalue weighted by Crippen LogP contribution is -2.21. The molecule has 0 unspecified atom stereocenters. The number of carbonyl (C=O) groups excluding carboxylic acids is 2. The van der Waals surface area contributed by atoms with Gasteiger partial charge in [-0.05, 0) is 48.5 Å². The number of esters is 1. The van der Waals surface area contributed by atoms with Gasteiger partial charge < -0.3 is 14.6 Å². The molecule has 1 amide bonds. The molecule has 0 aliphatic rings. The molecule has 0 saturated carbocycles. The number of carbonyl (C=O) groups is 2. The van der Waals surface area contributed by atoms with Gasteiger partial charge in [0.2, 0.25) is 0 Å². The number of aromatic hydroxyl groups is 1. The number of sulfonamides is 1. The number of amides is 1. The Morgan fingerprint density at radius 2 is 1.76 bits per heavy atom. The highest BCUT2D eigenvalue weighted by atomic mass is 32.2. The summed E-state index contributed by atoms with van der Waals surface area (Å²) in [6, 6.07) is 9.58. The van der Waals surface area contributed by atoms with Crippen LogP contribution >= 0.6 is 11.3 Å². The average molecular weight is 568 g/mol. The van der Waals surface area contributed by atoms with Gasteiger partial charge in [-0.1, -0.05) is 11.3 Å². The maximum atomic E-state index is 13.8. The van der Waals surface area contributed by atoms with E-state index in [0.29, 0.717) is 23.2 Å². The van der Waals surface area contributed by atoms with Crippen molar-refractivity contribution in [1.29, 1.82) is 0 Å². The van der Waals surface area contributed by atoms with Gasteiger partial charge in [0.15, 0.2) is 29.2 Å². The van der Waals surface area contributed by atoms with Crippen LogP contribution in [0.3, 0.4) is 0 Å². The number of fused-ring (bicyclic) bond motifs is 1. The molecule has 4 aromatic rings. The highest BCUT2D eigenvalue weighted by Gasteiger charge is 2.22. The van der Waals surface area contributed by atoms with Crippen LogP contribution in [0.25, 0.3) is 10.2 Å². The highest BCUT2D eigenvalue weighted by Crippen LogP contribution is 2.30. The second-order valence-electron chi connectivity index (χ2n) is 7.49. The van der Waals surface area contributed by atoms with Crippen molar-refractivity contribution in [2.24, 2.45) is 0 Å². The monoisotopic (exact) mass is 567 g/mol. The van der Waals surface area contributed by atoms with Crippen molar-refractivity contribution >= 4 is 54.3 Å². The topological polar surface area (TPSA) is 144 Å². The van der Waals surface area contributed by atoms with Crippen LogP contribution in [0.4, 0.5) is 24.0 Å². The third kappa shape index (κ3) is 5.63. The molecular formula is C23H16F3N3O7S2. The summed E-state index contributed by atoms with van der Waals surface area (Å²) < 4.78 is 78.1. The van der Waals surface area contributed by atoms with Gasteiger partial charge in [-0.25, -0.2) is 31.4 Å². The number of ether oxygens (including phenoxy) is 2. The first-order valence-electron chi connectivity index (χ1n) is 10.4. The lowest BCUT2D eigenvalue weighted by Gasteiger charge is -2.11. The number of rotatable bonds is 8. The molecule has 3 N–H and O–H groups in total. The molecule has 0 radical (unpaired) electrons. The number of methoxy groups -OCH3 is 1. The zero-order chi connectivity index (χ0) is 27.6. The molecule has 0 aliphatic heterocycles. The molecule has 0 aliphatic carbocycles. The predicted molar refractivity (Wildman–Crippen MR) is 130 cm³/mol. The van der Waals surface area contributed by atoms with Gasteiger partial charge in [-0.2, -0.15) is 0 Å². The normalized spacial score (nSPS) is 11.3. The first-order valence-corrected chi connectivity index (χ1v) is 12.7. The summed E-state index contributed by atoms with van der Waals surface area (Å²) in [6.45, 7) is -0.902. The van der Waals surface area contributed by atoms with E-state index in [-0.39, 0.29) is 20.4 Å². The minimum Gasteiger partial charge on any atom is -0.507 e. The lowest BCUT2D eigenvalue weighted by atomic mass is 10.2. The Balaban J connectivity index is 1.43. The number of hydrogen-bond donors (Lipinski definition) is 3. The van der Waals surface area contributed by atoms with E-state index < -0.39 is 62.8 Å². The largest absolute Gasteiger partial charge is 0.507 e. The molecule has 0 fully saturated rings. The Morgan fingerprint density at radius 3 is 2.45 bits per heavy atom. The van der Waals surface area contributed by atoms with Gasteiger partial charge in [0, 0.05) is 5.69 Å². The van der Waals surface area contributed by atoms with Gasteiger partial charge in [-0.3, -0.25) is 14.8 Å². The fourth-order valence-electron chi connectivity index (χ4n) is 3.11. The molecule has 1 aromatic heterocycles. The Bertz CT molecular complexity index is 1660. The van der Waals surface area contributed by atoms with Gasteiger partial charge in [-0.15, -0.1) is 0 Å². The summed E-state index contributed by atoms with van der Waals surface area (Å²) in [5.74, 6) is -6.92. The standard InChI is InChI=1S/C23H16F3N3O7S2/c1-35-12-4-2-11(3-5-12)29-38(33,34)13-6-7-16(30)14(8-13)22(32)36-10-18(31)27-23-28-21-17(37-23)9-15(24)19(25)20(21)26/h2-9,29-30H,10H2,1H3,(H,27,28,31). The average Bonchev–Trinajstić information content (AvgIpc) is 3.28. The van der Waals surface area contributed by atoms with Crippen molar-refractivity contribution in [2.45, 2.75) is 4.90 Å². The van der Waals surface area contributed by atoms with E-state index in [9.17, 15) is 36.3 Å².